The van der Waals surface area contributed by atoms with E-state index < -0.39 is 5.41 Å². The molecule has 0 radical (unpaired) electrons. The molecule has 56 heavy (non-hydrogen) atoms. The van der Waals surface area contributed by atoms with Gasteiger partial charge in [0.05, 0.1) is 16.8 Å². The van der Waals surface area contributed by atoms with Crippen LogP contribution in [0.4, 0.5) is 0 Å². The minimum atomic E-state index is -0.561. The van der Waals surface area contributed by atoms with Crippen molar-refractivity contribution < 1.29 is 0 Å². The van der Waals surface area contributed by atoms with Crippen molar-refractivity contribution in [3.63, 3.8) is 0 Å². The number of rotatable bonds is 3. The molecule has 12 rings (SSSR count). The van der Waals surface area contributed by atoms with E-state index in [0.29, 0.717) is 5.82 Å². The Morgan fingerprint density at radius 1 is 0.339 bits per heavy atom. The molecule has 0 saturated heterocycles. The average Bonchev–Trinajstić information content (AvgIpc) is 3.77. The van der Waals surface area contributed by atoms with E-state index in [-0.39, 0.29) is 0 Å². The molecule has 1 spiro atoms. The van der Waals surface area contributed by atoms with Crippen LogP contribution in [0.15, 0.2) is 194 Å². The summed E-state index contributed by atoms with van der Waals surface area (Å²) in [6.07, 6.45) is 0. The number of benzene rings is 8. The second-order valence-corrected chi connectivity index (χ2v) is 15.9. The van der Waals surface area contributed by atoms with Crippen molar-refractivity contribution in [2.24, 2.45) is 0 Å². The Labute approximate surface area is 329 Å². The third kappa shape index (κ3) is 4.38. The van der Waals surface area contributed by atoms with Crippen LogP contribution < -0.4 is 0 Å². The van der Waals surface area contributed by atoms with Gasteiger partial charge in [0.25, 0.3) is 0 Å². The summed E-state index contributed by atoms with van der Waals surface area (Å²) < 4.78 is 2.52. The highest BCUT2D eigenvalue weighted by atomic mass is 32.1. The van der Waals surface area contributed by atoms with Gasteiger partial charge in [0.15, 0.2) is 5.82 Å². The molecule has 0 saturated carbocycles. The summed E-state index contributed by atoms with van der Waals surface area (Å²) in [5.41, 5.74) is 17.2. The van der Waals surface area contributed by atoms with Crippen molar-refractivity contribution >= 4 is 31.5 Å². The lowest BCUT2D eigenvalue weighted by Gasteiger charge is -2.35. The first-order valence-electron chi connectivity index (χ1n) is 19.2. The summed E-state index contributed by atoms with van der Waals surface area (Å²) in [7, 11) is 0. The van der Waals surface area contributed by atoms with E-state index >= 15 is 0 Å². The fourth-order valence-corrected chi connectivity index (χ4v) is 10.8. The molecule has 3 heteroatoms. The Bertz CT molecular complexity index is 3170. The molecule has 8 aromatic carbocycles. The van der Waals surface area contributed by atoms with Crippen LogP contribution >= 0.6 is 11.3 Å². The van der Waals surface area contributed by atoms with Crippen LogP contribution in [-0.4, -0.2) is 9.97 Å². The van der Waals surface area contributed by atoms with E-state index in [1.165, 1.54) is 75.8 Å². The molecule has 2 aliphatic rings. The predicted octanol–water partition coefficient (Wildman–Crippen LogP) is 13.9. The van der Waals surface area contributed by atoms with Gasteiger partial charge in [0, 0.05) is 36.9 Å². The maximum absolute atomic E-state index is 5.38. The van der Waals surface area contributed by atoms with Gasteiger partial charge < -0.3 is 0 Å². The normalized spacial score (nSPS) is 13.1. The molecule has 0 bridgehead atoms. The van der Waals surface area contributed by atoms with Crippen molar-refractivity contribution in [3.8, 4) is 67.3 Å². The monoisotopic (exact) mass is 728 g/mol. The fraction of sp³-hybridized carbons (Fsp3) is 0.0189. The third-order valence-corrected chi connectivity index (χ3v) is 13.2. The zero-order valence-electron chi connectivity index (χ0n) is 30.3. The number of fused-ring (bicyclic) bond motifs is 15. The van der Waals surface area contributed by atoms with Crippen LogP contribution in [0.1, 0.15) is 22.3 Å². The van der Waals surface area contributed by atoms with Gasteiger partial charge >= 0.3 is 0 Å². The Morgan fingerprint density at radius 2 is 0.857 bits per heavy atom. The lowest BCUT2D eigenvalue weighted by atomic mass is 9.65. The van der Waals surface area contributed by atoms with Gasteiger partial charge in [-0.05, 0) is 73.8 Å². The summed E-state index contributed by atoms with van der Waals surface area (Å²) >= 11 is 1.83. The van der Waals surface area contributed by atoms with E-state index in [1.807, 2.05) is 17.4 Å². The SMILES string of the molecule is c1ccc(-c2nc(-c3ccc4c(c3)C3(c5ccccc5-c5ccccc5-4)c4ccccc4-c4ccccc43)cc(-c3cccc4c3sc3ccccc34)n2)cc1. The van der Waals surface area contributed by atoms with Crippen molar-refractivity contribution in [1.29, 1.82) is 0 Å². The average molecular weight is 729 g/mol. The second kappa shape index (κ2) is 12.0. The summed E-state index contributed by atoms with van der Waals surface area (Å²) in [6, 6.07) is 71.0. The van der Waals surface area contributed by atoms with E-state index in [0.717, 1.165) is 28.1 Å². The number of nitrogens with zero attached hydrogens (tertiary/aromatic N) is 2. The quantitative estimate of drug-likeness (QED) is 0.181. The van der Waals surface area contributed by atoms with E-state index in [2.05, 4.69) is 188 Å². The van der Waals surface area contributed by atoms with Crippen LogP contribution in [0.5, 0.6) is 0 Å². The standard InChI is InChI=1S/C53H32N2S/c1-2-15-33(16-3-1)52-54-48(32-49(55-52)43-24-14-23-42-41-22-9-13-28-50(41)56-51(42)43)34-29-30-40-36-18-5-4-17-35(36)37-19-6-10-25-44(37)53(47(40)31-34)45-26-11-7-20-38(45)39-21-8-12-27-46(39)53/h1-32H. The lowest BCUT2D eigenvalue weighted by Crippen LogP contribution is -2.29. The molecule has 260 valence electrons. The second-order valence-electron chi connectivity index (χ2n) is 14.8. The Balaban J connectivity index is 1.18. The minimum absolute atomic E-state index is 0.561. The van der Waals surface area contributed by atoms with Gasteiger partial charge in [0.2, 0.25) is 0 Å². The minimum Gasteiger partial charge on any atom is -0.228 e. The van der Waals surface area contributed by atoms with Crippen LogP contribution in [-0.2, 0) is 5.41 Å². The van der Waals surface area contributed by atoms with Gasteiger partial charge in [-0.2, -0.15) is 0 Å². The van der Waals surface area contributed by atoms with Crippen LogP contribution in [0.25, 0.3) is 87.5 Å². The first kappa shape index (κ1) is 31.4. The highest BCUT2D eigenvalue weighted by molar-refractivity contribution is 7.26. The number of aromatic nitrogens is 2. The van der Waals surface area contributed by atoms with Crippen molar-refractivity contribution in [1.82, 2.24) is 9.97 Å². The number of hydrogen-bond donors (Lipinski definition) is 0. The smallest absolute Gasteiger partial charge is 0.160 e. The third-order valence-electron chi connectivity index (χ3n) is 11.9. The van der Waals surface area contributed by atoms with Crippen molar-refractivity contribution in [2.45, 2.75) is 5.41 Å². The Kier molecular flexibility index (Phi) is 6.75. The first-order chi connectivity index (χ1) is 27.8. The topological polar surface area (TPSA) is 25.8 Å². The van der Waals surface area contributed by atoms with E-state index in [1.54, 1.807) is 0 Å². The molecular weight excluding hydrogens is 697 g/mol. The van der Waals surface area contributed by atoms with Gasteiger partial charge in [-0.15, -0.1) is 11.3 Å². The number of thiophene rings is 1. The first-order valence-corrected chi connectivity index (χ1v) is 20.0. The maximum Gasteiger partial charge on any atom is 0.160 e. The maximum atomic E-state index is 5.38. The highest BCUT2D eigenvalue weighted by Crippen LogP contribution is 2.61. The lowest BCUT2D eigenvalue weighted by molar-refractivity contribution is 0.775. The molecule has 0 unspecified atom stereocenters. The molecule has 0 fully saturated rings. The Hall–Kier alpha value is -6.94. The van der Waals surface area contributed by atoms with Gasteiger partial charge in [-0.25, -0.2) is 9.97 Å². The van der Waals surface area contributed by atoms with Crippen LogP contribution in [0.2, 0.25) is 0 Å². The zero-order chi connectivity index (χ0) is 36.8. The van der Waals surface area contributed by atoms with Crippen LogP contribution in [0, 0.1) is 0 Å². The number of hydrogen-bond acceptors (Lipinski definition) is 3. The molecule has 0 amide bonds. The van der Waals surface area contributed by atoms with Crippen molar-refractivity contribution in [3.05, 3.63) is 216 Å². The molecule has 0 N–H and O–H groups in total. The molecule has 0 atom stereocenters. The molecule has 10 aromatic rings. The molecule has 2 aromatic heterocycles. The Morgan fingerprint density at radius 3 is 1.55 bits per heavy atom. The fourth-order valence-electron chi connectivity index (χ4n) is 9.61. The summed E-state index contributed by atoms with van der Waals surface area (Å²) in [4.78, 5) is 10.7. The van der Waals surface area contributed by atoms with Crippen molar-refractivity contribution in [2.75, 3.05) is 0 Å². The van der Waals surface area contributed by atoms with Crippen LogP contribution in [0.3, 0.4) is 0 Å². The largest absolute Gasteiger partial charge is 0.228 e. The zero-order valence-corrected chi connectivity index (χ0v) is 31.1. The summed E-state index contributed by atoms with van der Waals surface area (Å²) in [5, 5.41) is 2.54. The summed E-state index contributed by atoms with van der Waals surface area (Å²) in [5.74, 6) is 0.716. The molecule has 0 aliphatic heterocycles. The van der Waals surface area contributed by atoms with Gasteiger partial charge in [-0.1, -0.05) is 176 Å². The molecule has 2 heterocycles. The predicted molar refractivity (Wildman–Crippen MR) is 233 cm³/mol. The highest BCUT2D eigenvalue weighted by Gasteiger charge is 2.49. The van der Waals surface area contributed by atoms with E-state index in [4.69, 9.17) is 9.97 Å². The van der Waals surface area contributed by atoms with Gasteiger partial charge in [0.1, 0.15) is 0 Å². The summed E-state index contributed by atoms with van der Waals surface area (Å²) in [6.45, 7) is 0. The van der Waals surface area contributed by atoms with Gasteiger partial charge in [-0.3, -0.25) is 0 Å². The molecule has 2 nitrogen and oxygen atoms in total. The van der Waals surface area contributed by atoms with E-state index in [9.17, 15) is 0 Å². The molecule has 2 aliphatic carbocycles. The molecular formula is C53H32N2S.